The van der Waals surface area contributed by atoms with Gasteiger partial charge in [0.2, 0.25) is 10.0 Å². The van der Waals surface area contributed by atoms with Gasteiger partial charge in [-0.1, -0.05) is 60.1 Å². The van der Waals surface area contributed by atoms with Crippen LogP contribution in [0.4, 0.5) is 5.69 Å². The van der Waals surface area contributed by atoms with Crippen molar-refractivity contribution in [3.05, 3.63) is 101 Å². The zero-order valence-corrected chi connectivity index (χ0v) is 23.7. The van der Waals surface area contributed by atoms with E-state index in [-0.39, 0.29) is 31.9 Å². The smallest absolute Gasteiger partial charge is 0.274 e. The summed E-state index contributed by atoms with van der Waals surface area (Å²) in [6, 6.07) is 23.0. The highest BCUT2D eigenvalue weighted by Crippen LogP contribution is 2.33. The number of hydrogen-bond acceptors (Lipinski definition) is 6. The molecule has 3 N–H and O–H groups in total. The second kappa shape index (κ2) is 10.2. The number of fused-ring (bicyclic) bond motifs is 1. The largest absolute Gasteiger partial charge is 0.319 e. The molecule has 0 aliphatic carbocycles. The highest BCUT2D eigenvalue weighted by atomic mass is 35.5. The fourth-order valence-electron chi connectivity index (χ4n) is 4.44. The van der Waals surface area contributed by atoms with Gasteiger partial charge in [-0.25, -0.2) is 26.7 Å². The molecule has 0 saturated heterocycles. The van der Waals surface area contributed by atoms with Gasteiger partial charge in [0.15, 0.2) is 9.84 Å². The van der Waals surface area contributed by atoms with E-state index < -0.39 is 25.8 Å². The van der Waals surface area contributed by atoms with Gasteiger partial charge in [0, 0.05) is 11.8 Å². The third-order valence-electron chi connectivity index (χ3n) is 6.24. The quantitative estimate of drug-likeness (QED) is 0.285. The lowest BCUT2D eigenvalue weighted by Gasteiger charge is -2.14. The minimum Gasteiger partial charge on any atom is -0.319 e. The van der Waals surface area contributed by atoms with Crippen LogP contribution in [-0.2, 0) is 19.9 Å². The Morgan fingerprint density at radius 3 is 2.17 bits per heavy atom. The van der Waals surface area contributed by atoms with E-state index in [2.05, 4.69) is 10.4 Å². The molecule has 204 valence electrons. The van der Waals surface area contributed by atoms with Crippen LogP contribution in [0.3, 0.4) is 0 Å². The van der Waals surface area contributed by atoms with E-state index in [1.807, 2.05) is 24.3 Å². The van der Waals surface area contributed by atoms with E-state index in [1.54, 1.807) is 55.5 Å². The van der Waals surface area contributed by atoms with Gasteiger partial charge in [-0.3, -0.25) is 4.79 Å². The van der Waals surface area contributed by atoms with Gasteiger partial charge in [-0.05, 0) is 59.7 Å². The molecule has 40 heavy (non-hydrogen) atoms. The third-order valence-corrected chi connectivity index (χ3v) is 8.65. The summed E-state index contributed by atoms with van der Waals surface area (Å²) in [7, 11) is -7.66. The number of halogens is 1. The molecule has 1 amide bonds. The van der Waals surface area contributed by atoms with Crippen LogP contribution in [0.1, 0.15) is 16.2 Å². The van der Waals surface area contributed by atoms with E-state index in [0.717, 1.165) is 17.0 Å². The molecule has 0 spiro atoms. The fourth-order valence-corrected chi connectivity index (χ4v) is 6.29. The molecule has 5 rings (SSSR count). The monoisotopic (exact) mass is 594 g/mol. The summed E-state index contributed by atoms with van der Waals surface area (Å²) >= 11 is 6.49. The molecule has 0 aliphatic heterocycles. The Balaban J connectivity index is 1.54. The number of amides is 1. The minimum atomic E-state index is -3.98. The van der Waals surface area contributed by atoms with Gasteiger partial charge in [-0.2, -0.15) is 5.10 Å². The van der Waals surface area contributed by atoms with Crippen LogP contribution in [0.5, 0.6) is 0 Å². The number of aryl methyl sites for hydroxylation is 1. The molecule has 0 radical (unpaired) electrons. The second-order valence-electron chi connectivity index (χ2n) is 9.21. The van der Waals surface area contributed by atoms with Crippen LogP contribution in [0.25, 0.3) is 27.6 Å². The molecule has 0 atom stereocenters. The van der Waals surface area contributed by atoms with Crippen LogP contribution in [0.2, 0.25) is 5.02 Å². The summed E-state index contributed by atoms with van der Waals surface area (Å²) < 4.78 is 50.8. The molecule has 1 heterocycles. The Morgan fingerprint density at radius 2 is 1.52 bits per heavy atom. The van der Waals surface area contributed by atoms with Crippen molar-refractivity contribution in [3.8, 4) is 16.8 Å². The maximum atomic E-state index is 13.5. The van der Waals surface area contributed by atoms with Crippen molar-refractivity contribution in [2.45, 2.75) is 16.7 Å². The van der Waals surface area contributed by atoms with Crippen molar-refractivity contribution in [1.82, 2.24) is 9.78 Å². The normalized spacial score (nSPS) is 12.0. The Labute approximate surface area is 236 Å². The number of sulfone groups is 1. The van der Waals surface area contributed by atoms with Crippen LogP contribution in [0, 0.1) is 6.92 Å². The molecular formula is C28H23ClN4O5S2. The van der Waals surface area contributed by atoms with Crippen molar-refractivity contribution in [2.75, 3.05) is 11.6 Å². The van der Waals surface area contributed by atoms with Gasteiger partial charge >= 0.3 is 0 Å². The number of carbonyl (C=O) groups excluding carboxylic acids is 1. The first-order chi connectivity index (χ1) is 18.8. The van der Waals surface area contributed by atoms with Gasteiger partial charge in [0.05, 0.1) is 31.9 Å². The fraction of sp³-hybridized carbons (Fsp3) is 0.0714. The van der Waals surface area contributed by atoms with Crippen molar-refractivity contribution in [1.29, 1.82) is 0 Å². The average Bonchev–Trinajstić information content (AvgIpc) is 3.29. The summed E-state index contributed by atoms with van der Waals surface area (Å²) in [5.41, 5.74) is 1.94. The molecular weight excluding hydrogens is 572 g/mol. The SMILES string of the molecule is Cc1cc(C(=O)Nc2ccc(-c3ccccc3S(N)(=O)=O)cc2Cl)n(-c2cc3ccccc3cc2S(C)(=O)=O)n1. The number of nitrogens with two attached hydrogens (primary N) is 1. The zero-order valence-electron chi connectivity index (χ0n) is 21.3. The second-order valence-corrected chi connectivity index (χ2v) is 13.1. The molecule has 9 nitrogen and oxygen atoms in total. The lowest BCUT2D eigenvalue weighted by atomic mass is 10.1. The zero-order chi connectivity index (χ0) is 28.8. The maximum Gasteiger partial charge on any atom is 0.274 e. The molecule has 1 aromatic heterocycles. The standard InChI is InChI=1S/C28H23ClN4O5S2/c1-17-13-25(33(32-17)24-15-18-7-3-4-8-19(18)16-27(24)39(2,35)36)28(34)31-23-12-11-20(14-22(23)29)21-9-5-6-10-26(21)40(30,37)38/h3-16H,1-2H3,(H,31,34)(H2,30,37,38). The predicted molar refractivity (Wildman–Crippen MR) is 155 cm³/mol. The van der Waals surface area contributed by atoms with Crippen molar-refractivity contribution in [2.24, 2.45) is 5.14 Å². The first-order valence-electron chi connectivity index (χ1n) is 11.9. The van der Waals surface area contributed by atoms with E-state index in [9.17, 15) is 21.6 Å². The molecule has 0 bridgehead atoms. The molecule has 0 unspecified atom stereocenters. The third kappa shape index (κ3) is 5.36. The number of hydrogen-bond donors (Lipinski definition) is 2. The Kier molecular flexibility index (Phi) is 7.01. The Morgan fingerprint density at radius 1 is 0.875 bits per heavy atom. The number of benzene rings is 4. The number of nitrogens with zero attached hydrogens (tertiary/aromatic N) is 2. The lowest BCUT2D eigenvalue weighted by molar-refractivity contribution is 0.101. The Hall–Kier alpha value is -4.03. The topological polar surface area (TPSA) is 141 Å². The van der Waals surface area contributed by atoms with Crippen molar-refractivity contribution in [3.63, 3.8) is 0 Å². The number of carbonyl (C=O) groups is 1. The average molecular weight is 595 g/mol. The van der Waals surface area contributed by atoms with E-state index in [0.29, 0.717) is 16.8 Å². The molecule has 0 aliphatic rings. The highest BCUT2D eigenvalue weighted by molar-refractivity contribution is 7.90. The van der Waals surface area contributed by atoms with Gasteiger partial charge in [0.1, 0.15) is 5.69 Å². The van der Waals surface area contributed by atoms with Crippen molar-refractivity contribution < 1.29 is 21.6 Å². The van der Waals surface area contributed by atoms with Gasteiger partial charge < -0.3 is 5.32 Å². The maximum absolute atomic E-state index is 13.5. The molecule has 0 saturated carbocycles. The van der Waals surface area contributed by atoms with Gasteiger partial charge in [0.25, 0.3) is 5.91 Å². The number of nitrogens with one attached hydrogen (secondary N) is 1. The van der Waals surface area contributed by atoms with Crippen LogP contribution in [-0.4, -0.2) is 38.8 Å². The van der Waals surface area contributed by atoms with Crippen LogP contribution < -0.4 is 10.5 Å². The number of rotatable bonds is 6. The van der Waals surface area contributed by atoms with E-state index in [1.165, 1.54) is 16.8 Å². The minimum absolute atomic E-state index is 0.0271. The number of primary sulfonamides is 1. The molecule has 5 aromatic rings. The van der Waals surface area contributed by atoms with E-state index in [4.69, 9.17) is 16.7 Å². The molecule has 12 heteroatoms. The number of sulfonamides is 1. The first-order valence-corrected chi connectivity index (χ1v) is 15.7. The lowest BCUT2D eigenvalue weighted by Crippen LogP contribution is -2.18. The van der Waals surface area contributed by atoms with E-state index >= 15 is 0 Å². The Bertz CT molecular complexity index is 2040. The van der Waals surface area contributed by atoms with Crippen LogP contribution in [0.15, 0.2) is 94.7 Å². The summed E-state index contributed by atoms with van der Waals surface area (Å²) in [5.74, 6) is -0.576. The first kappa shape index (κ1) is 27.5. The summed E-state index contributed by atoms with van der Waals surface area (Å²) in [6.45, 7) is 1.69. The van der Waals surface area contributed by atoms with Gasteiger partial charge in [-0.15, -0.1) is 0 Å². The number of anilines is 1. The summed E-state index contributed by atoms with van der Waals surface area (Å²) in [6.07, 6.45) is 1.10. The van der Waals surface area contributed by atoms with Crippen molar-refractivity contribution >= 4 is 53.8 Å². The number of aromatic nitrogens is 2. The molecule has 0 fully saturated rings. The predicted octanol–water partition coefficient (Wildman–Crippen LogP) is 4.96. The van der Waals surface area contributed by atoms with Crippen LogP contribution >= 0.6 is 11.6 Å². The highest BCUT2D eigenvalue weighted by Gasteiger charge is 2.23. The summed E-state index contributed by atoms with van der Waals surface area (Å²) in [4.78, 5) is 13.4. The summed E-state index contributed by atoms with van der Waals surface area (Å²) in [5, 5.41) is 14.2. The molecule has 4 aromatic carbocycles.